The summed E-state index contributed by atoms with van der Waals surface area (Å²) >= 11 is 0. The van der Waals surface area contributed by atoms with Gasteiger partial charge in [0.05, 0.1) is 12.2 Å². The predicted molar refractivity (Wildman–Crippen MR) is 114 cm³/mol. The fourth-order valence-corrected chi connectivity index (χ4v) is 3.84. The molecule has 2 aromatic carbocycles. The lowest BCUT2D eigenvalue weighted by atomic mass is 9.79. The monoisotopic (exact) mass is 396 g/mol. The summed E-state index contributed by atoms with van der Waals surface area (Å²) in [7, 11) is 0. The summed E-state index contributed by atoms with van der Waals surface area (Å²) in [6.45, 7) is 4.58. The van der Waals surface area contributed by atoms with Gasteiger partial charge < -0.3 is 4.74 Å². The maximum absolute atomic E-state index is 14.3. The van der Waals surface area contributed by atoms with Crippen LogP contribution < -0.4 is 4.74 Å². The van der Waals surface area contributed by atoms with Crippen LogP contribution in [0.4, 0.5) is 8.78 Å². The molecule has 0 N–H and O–H groups in total. The minimum absolute atomic E-state index is 0.0314. The number of benzene rings is 2. The fraction of sp³-hybridized carbons (Fsp3) is 0.462. The molecule has 1 saturated carbocycles. The van der Waals surface area contributed by atoms with Crippen LogP contribution in [-0.2, 0) is 6.42 Å². The maximum Gasteiger partial charge on any atom is 0.201 e. The standard InChI is InChI=1S/C26H30F2O/c1-3-5-18-29-24-17-16-23(25(27)26(24)28)15-10-20-8-13-22(14-9-20)21-11-6-19(4-2)7-12-21/h6-7,11-12,16-17,20,22H,3-5,8-9,13-14,18H2,1-2H3. The number of unbranched alkanes of at least 4 members (excludes halogenated alkanes) is 1. The van der Waals surface area contributed by atoms with Gasteiger partial charge in [-0.05, 0) is 67.7 Å². The average molecular weight is 397 g/mol. The molecule has 3 rings (SSSR count). The molecule has 29 heavy (non-hydrogen) atoms. The number of aryl methyl sites for hydroxylation is 1. The van der Waals surface area contributed by atoms with Gasteiger partial charge in [0.2, 0.25) is 5.82 Å². The van der Waals surface area contributed by atoms with Gasteiger partial charge in [-0.3, -0.25) is 0 Å². The Hall–Kier alpha value is -2.34. The van der Waals surface area contributed by atoms with E-state index in [-0.39, 0.29) is 17.2 Å². The summed E-state index contributed by atoms with van der Waals surface area (Å²) in [6.07, 6.45) is 6.99. The van der Waals surface area contributed by atoms with Gasteiger partial charge in [0.1, 0.15) is 0 Å². The summed E-state index contributed by atoms with van der Waals surface area (Å²) in [5.74, 6) is 4.98. The van der Waals surface area contributed by atoms with Gasteiger partial charge in [0.15, 0.2) is 11.6 Å². The van der Waals surface area contributed by atoms with E-state index in [1.807, 2.05) is 6.92 Å². The molecule has 0 radical (unpaired) electrons. The van der Waals surface area contributed by atoms with Gasteiger partial charge in [-0.15, -0.1) is 0 Å². The first-order chi connectivity index (χ1) is 14.1. The Morgan fingerprint density at radius 2 is 1.66 bits per heavy atom. The van der Waals surface area contributed by atoms with Crippen LogP contribution in [0.3, 0.4) is 0 Å². The molecule has 3 heteroatoms. The second-order valence-corrected chi connectivity index (χ2v) is 7.85. The van der Waals surface area contributed by atoms with E-state index in [9.17, 15) is 8.78 Å². The van der Waals surface area contributed by atoms with E-state index in [2.05, 4.69) is 43.0 Å². The fourth-order valence-electron chi connectivity index (χ4n) is 3.84. The molecule has 1 nitrogen and oxygen atoms in total. The average Bonchev–Trinajstić information content (AvgIpc) is 2.77. The van der Waals surface area contributed by atoms with Crippen LogP contribution in [0.15, 0.2) is 36.4 Å². The van der Waals surface area contributed by atoms with Crippen LogP contribution >= 0.6 is 0 Å². The molecule has 0 amide bonds. The molecule has 0 spiro atoms. The van der Waals surface area contributed by atoms with Crippen molar-refractivity contribution in [2.24, 2.45) is 5.92 Å². The third-order valence-electron chi connectivity index (χ3n) is 5.80. The Balaban J connectivity index is 1.59. The molecule has 0 saturated heterocycles. The lowest BCUT2D eigenvalue weighted by molar-refractivity contribution is 0.288. The van der Waals surface area contributed by atoms with Crippen molar-refractivity contribution in [3.63, 3.8) is 0 Å². The lowest BCUT2D eigenvalue weighted by Crippen LogP contribution is -2.12. The minimum Gasteiger partial charge on any atom is -0.490 e. The van der Waals surface area contributed by atoms with Crippen LogP contribution in [0.2, 0.25) is 0 Å². The van der Waals surface area contributed by atoms with Crippen molar-refractivity contribution in [3.8, 4) is 17.6 Å². The third kappa shape index (κ3) is 5.60. The Morgan fingerprint density at radius 1 is 0.931 bits per heavy atom. The van der Waals surface area contributed by atoms with Gasteiger partial charge in [-0.2, -0.15) is 4.39 Å². The van der Waals surface area contributed by atoms with Gasteiger partial charge >= 0.3 is 0 Å². The summed E-state index contributed by atoms with van der Waals surface area (Å²) in [6, 6.07) is 11.9. The zero-order valence-electron chi connectivity index (χ0n) is 17.4. The molecule has 1 aliphatic rings. The van der Waals surface area contributed by atoms with Gasteiger partial charge in [-0.1, -0.05) is 56.4 Å². The van der Waals surface area contributed by atoms with Gasteiger partial charge in [-0.25, -0.2) is 4.39 Å². The Bertz CT molecular complexity index is 853. The molecule has 0 atom stereocenters. The van der Waals surface area contributed by atoms with Gasteiger partial charge in [0, 0.05) is 5.92 Å². The first kappa shape index (κ1) is 21.4. The SMILES string of the molecule is CCCCOc1ccc(C#CC2CCC(c3ccc(CC)cc3)CC2)c(F)c1F. The predicted octanol–water partition coefficient (Wildman–Crippen LogP) is 7.03. The smallest absolute Gasteiger partial charge is 0.201 e. The van der Waals surface area contributed by atoms with E-state index in [0.717, 1.165) is 44.9 Å². The Labute approximate surface area is 173 Å². The zero-order valence-corrected chi connectivity index (χ0v) is 17.4. The highest BCUT2D eigenvalue weighted by molar-refractivity contribution is 5.41. The molecule has 0 unspecified atom stereocenters. The van der Waals surface area contributed by atoms with Crippen molar-refractivity contribution in [3.05, 3.63) is 64.7 Å². The van der Waals surface area contributed by atoms with Crippen molar-refractivity contribution in [1.29, 1.82) is 0 Å². The molecule has 0 bridgehead atoms. The summed E-state index contributed by atoms with van der Waals surface area (Å²) in [4.78, 5) is 0. The van der Waals surface area contributed by atoms with Crippen molar-refractivity contribution >= 4 is 0 Å². The third-order valence-corrected chi connectivity index (χ3v) is 5.80. The number of rotatable bonds is 6. The molecule has 154 valence electrons. The Morgan fingerprint density at radius 3 is 2.31 bits per heavy atom. The summed E-state index contributed by atoms with van der Waals surface area (Å²) in [5, 5.41) is 0. The highest BCUT2D eigenvalue weighted by atomic mass is 19.2. The Kier molecular flexibility index (Phi) is 7.69. The van der Waals surface area contributed by atoms with Crippen molar-refractivity contribution in [2.75, 3.05) is 6.61 Å². The molecule has 0 aliphatic heterocycles. The normalized spacial score (nSPS) is 18.8. The molecule has 0 aromatic heterocycles. The van der Waals surface area contributed by atoms with Crippen molar-refractivity contribution < 1.29 is 13.5 Å². The highest BCUT2D eigenvalue weighted by Crippen LogP contribution is 2.35. The van der Waals surface area contributed by atoms with Crippen LogP contribution in [0.1, 0.15) is 75.0 Å². The van der Waals surface area contributed by atoms with E-state index >= 15 is 0 Å². The van der Waals surface area contributed by atoms with Crippen LogP contribution in [0.5, 0.6) is 5.75 Å². The second kappa shape index (κ2) is 10.4. The number of ether oxygens (including phenoxy) is 1. The lowest BCUT2D eigenvalue weighted by Gasteiger charge is -2.26. The first-order valence-electron chi connectivity index (χ1n) is 10.8. The molecule has 2 aromatic rings. The largest absolute Gasteiger partial charge is 0.490 e. The molecule has 0 heterocycles. The maximum atomic E-state index is 14.3. The highest BCUT2D eigenvalue weighted by Gasteiger charge is 2.21. The van der Waals surface area contributed by atoms with E-state index < -0.39 is 11.6 Å². The summed E-state index contributed by atoms with van der Waals surface area (Å²) in [5.41, 5.74) is 2.88. The number of halogens is 2. The van der Waals surface area contributed by atoms with Crippen LogP contribution in [-0.4, -0.2) is 6.61 Å². The topological polar surface area (TPSA) is 9.23 Å². The number of hydrogen-bond donors (Lipinski definition) is 0. The molecule has 1 aliphatic carbocycles. The second-order valence-electron chi connectivity index (χ2n) is 7.85. The quantitative estimate of drug-likeness (QED) is 0.376. The molecular weight excluding hydrogens is 366 g/mol. The zero-order chi connectivity index (χ0) is 20.6. The van der Waals surface area contributed by atoms with Crippen LogP contribution in [0.25, 0.3) is 0 Å². The van der Waals surface area contributed by atoms with Crippen LogP contribution in [0, 0.1) is 29.4 Å². The summed E-state index contributed by atoms with van der Waals surface area (Å²) < 4.78 is 33.8. The van der Waals surface area contributed by atoms with Crippen molar-refractivity contribution in [1.82, 2.24) is 0 Å². The van der Waals surface area contributed by atoms with E-state index in [4.69, 9.17) is 4.74 Å². The number of hydrogen-bond acceptors (Lipinski definition) is 1. The van der Waals surface area contributed by atoms with Gasteiger partial charge in [0.25, 0.3) is 0 Å². The molecular formula is C26H30F2O. The van der Waals surface area contributed by atoms with E-state index in [0.29, 0.717) is 12.5 Å². The molecule has 1 fully saturated rings. The minimum atomic E-state index is -0.938. The van der Waals surface area contributed by atoms with Crippen molar-refractivity contribution in [2.45, 2.75) is 64.7 Å². The first-order valence-corrected chi connectivity index (χ1v) is 10.8. The van der Waals surface area contributed by atoms with E-state index in [1.54, 1.807) is 0 Å². The van der Waals surface area contributed by atoms with E-state index in [1.165, 1.54) is 23.3 Å².